The number of amides is 1. The van der Waals surface area contributed by atoms with Gasteiger partial charge >= 0.3 is 5.97 Å². The topological polar surface area (TPSA) is 108 Å². The number of aliphatic hydroxyl groups is 1. The lowest BCUT2D eigenvalue weighted by Crippen LogP contribution is -2.41. The van der Waals surface area contributed by atoms with Crippen molar-refractivity contribution in [2.45, 2.75) is 141 Å². The SMILES string of the molecule is CC(C)c1c(C(=O)Nc2ccccc2)c(-c2ccccc2)c(-c2ccccc2)n1CCC1CC(CC(=O)OCCCO)OS(C(C)C)(C(C)C)OS(C(C)C)(C(C)C)O1. The van der Waals surface area contributed by atoms with Gasteiger partial charge in [-0.05, 0) is 91.0 Å². The van der Waals surface area contributed by atoms with E-state index in [-0.39, 0.29) is 64.5 Å². The standard InChI is InChI=1S/C48H68N2O7S2/c1-33(2)46-45(48(53)49-40-25-18-13-19-26-40)44(38-21-14-11-15-22-38)47(39-23-16-12-17-24-39)50(46)28-27-41-31-42(32-43(52)54-30-20-29-51)56-59(36(7)8,37(9)10)57-58(55-41,34(3)4)35(5)6/h11-19,21-26,33-37,41-42,51H,20,27-32H2,1-10H3,(H,49,53). The Bertz CT molecular complexity index is 1930. The molecule has 0 spiro atoms. The molecule has 0 saturated carbocycles. The van der Waals surface area contributed by atoms with Gasteiger partial charge in [0.25, 0.3) is 5.91 Å². The summed E-state index contributed by atoms with van der Waals surface area (Å²) in [6, 6.07) is 30.1. The lowest BCUT2D eigenvalue weighted by Gasteiger charge is -2.63. The van der Waals surface area contributed by atoms with Gasteiger partial charge in [-0.1, -0.05) is 92.7 Å². The molecule has 0 aliphatic carbocycles. The zero-order valence-electron chi connectivity index (χ0n) is 36.8. The van der Waals surface area contributed by atoms with Gasteiger partial charge in [-0.2, -0.15) is 24.8 Å². The largest absolute Gasteiger partial charge is 0.466 e. The zero-order valence-corrected chi connectivity index (χ0v) is 38.4. The highest BCUT2D eigenvalue weighted by molar-refractivity contribution is 8.39. The van der Waals surface area contributed by atoms with E-state index < -0.39 is 27.3 Å². The Balaban J connectivity index is 1.68. The van der Waals surface area contributed by atoms with E-state index in [1.807, 2.05) is 66.7 Å². The Morgan fingerprint density at radius 1 is 0.746 bits per heavy atom. The summed E-state index contributed by atoms with van der Waals surface area (Å²) >= 11 is 0. The fraction of sp³-hybridized carbons (Fsp3) is 0.500. The van der Waals surface area contributed by atoms with Crippen LogP contribution in [0, 0.1) is 0 Å². The summed E-state index contributed by atoms with van der Waals surface area (Å²) in [7, 11) is -4.41. The molecule has 2 N–H and O–H groups in total. The number of rotatable bonds is 17. The highest BCUT2D eigenvalue weighted by Crippen LogP contribution is 2.75. The predicted molar refractivity (Wildman–Crippen MR) is 247 cm³/mol. The van der Waals surface area contributed by atoms with Gasteiger partial charge < -0.3 is 19.7 Å². The minimum Gasteiger partial charge on any atom is -0.466 e. The maximum atomic E-state index is 14.7. The second-order valence-electron chi connectivity index (χ2n) is 16.7. The number of carbonyl (C=O) groups excluding carboxylic acids is 2. The fourth-order valence-corrected chi connectivity index (χ4v) is 16.4. The molecule has 1 fully saturated rings. The van der Waals surface area contributed by atoms with Gasteiger partial charge in [0.1, 0.15) is 0 Å². The van der Waals surface area contributed by atoms with Crippen LogP contribution in [-0.4, -0.2) is 68.0 Å². The van der Waals surface area contributed by atoms with E-state index in [0.29, 0.717) is 31.4 Å². The van der Waals surface area contributed by atoms with Crippen molar-refractivity contribution in [2.75, 3.05) is 18.5 Å². The average molecular weight is 849 g/mol. The van der Waals surface area contributed by atoms with Gasteiger partial charge in [0, 0.05) is 63.9 Å². The maximum absolute atomic E-state index is 14.7. The molecule has 3 aromatic carbocycles. The highest BCUT2D eigenvalue weighted by atomic mass is 32.4. The number of carbonyl (C=O) groups is 2. The molecule has 1 aromatic heterocycles. The molecule has 0 radical (unpaired) electrons. The van der Waals surface area contributed by atoms with Crippen LogP contribution in [0.2, 0.25) is 0 Å². The first kappa shape index (κ1) is 46.5. The van der Waals surface area contributed by atoms with Crippen molar-refractivity contribution in [1.29, 1.82) is 0 Å². The lowest BCUT2D eigenvalue weighted by atomic mass is 9.94. The van der Waals surface area contributed by atoms with E-state index in [2.05, 4.69) is 103 Å². The number of anilines is 1. The summed E-state index contributed by atoms with van der Waals surface area (Å²) in [4.78, 5) is 28.1. The van der Waals surface area contributed by atoms with E-state index in [1.54, 1.807) is 0 Å². The van der Waals surface area contributed by atoms with Crippen molar-refractivity contribution in [1.82, 2.24) is 4.57 Å². The predicted octanol–water partition coefficient (Wildman–Crippen LogP) is 12.0. The summed E-state index contributed by atoms with van der Waals surface area (Å²) in [5, 5.41) is 12.8. The molecular formula is C48H68N2O7S2. The lowest BCUT2D eigenvalue weighted by molar-refractivity contribution is -0.146. The molecular weight excluding hydrogens is 781 g/mol. The van der Waals surface area contributed by atoms with E-state index in [1.165, 1.54) is 0 Å². The summed E-state index contributed by atoms with van der Waals surface area (Å²) in [6.45, 7) is 22.3. The molecule has 11 heteroatoms. The van der Waals surface area contributed by atoms with Crippen molar-refractivity contribution >= 4 is 38.7 Å². The van der Waals surface area contributed by atoms with E-state index in [9.17, 15) is 14.7 Å². The third kappa shape index (κ3) is 10.7. The second-order valence-corrected chi connectivity index (χ2v) is 23.8. The third-order valence-electron chi connectivity index (χ3n) is 10.8. The summed E-state index contributed by atoms with van der Waals surface area (Å²) < 4.78 is 30.2. The van der Waals surface area contributed by atoms with Gasteiger partial charge in [-0.3, -0.25) is 18.0 Å². The Morgan fingerprint density at radius 2 is 1.25 bits per heavy atom. The number of benzene rings is 3. The average Bonchev–Trinajstić information content (AvgIpc) is 3.54. The van der Waals surface area contributed by atoms with Crippen molar-refractivity contribution in [2.24, 2.45) is 0 Å². The van der Waals surface area contributed by atoms with Crippen LogP contribution in [0.15, 0.2) is 91.0 Å². The van der Waals surface area contributed by atoms with E-state index >= 15 is 0 Å². The molecule has 1 amide bonds. The first-order valence-corrected chi connectivity index (χ1v) is 24.6. The molecule has 1 saturated heterocycles. The number of hydrogen-bond acceptors (Lipinski definition) is 7. The number of para-hydroxylation sites is 1. The number of esters is 1. The number of aliphatic hydroxyl groups excluding tert-OH is 1. The van der Waals surface area contributed by atoms with Crippen molar-refractivity contribution in [3.63, 3.8) is 0 Å². The minimum absolute atomic E-state index is 0.0184. The molecule has 0 bridgehead atoms. The maximum Gasteiger partial charge on any atom is 0.308 e. The minimum atomic E-state index is -2.21. The molecule has 2 atom stereocenters. The second kappa shape index (κ2) is 20.8. The smallest absolute Gasteiger partial charge is 0.308 e. The quantitative estimate of drug-likeness (QED) is 0.0804. The number of aromatic nitrogens is 1. The monoisotopic (exact) mass is 848 g/mol. The molecule has 1 aliphatic rings. The first-order chi connectivity index (χ1) is 28.1. The van der Waals surface area contributed by atoms with Crippen LogP contribution in [0.3, 0.4) is 0 Å². The van der Waals surface area contributed by atoms with Crippen LogP contribution in [0.1, 0.15) is 117 Å². The molecule has 9 nitrogen and oxygen atoms in total. The third-order valence-corrected chi connectivity index (χ3v) is 18.9. The molecule has 5 rings (SSSR count). The van der Waals surface area contributed by atoms with Gasteiger partial charge in [-0.25, -0.2) is 0 Å². The molecule has 4 aromatic rings. The van der Waals surface area contributed by atoms with E-state index in [4.69, 9.17) is 16.7 Å². The van der Waals surface area contributed by atoms with Gasteiger partial charge in [0.2, 0.25) is 0 Å². The molecule has 59 heavy (non-hydrogen) atoms. The van der Waals surface area contributed by atoms with Crippen molar-refractivity contribution in [3.05, 3.63) is 102 Å². The number of nitrogens with zero attached hydrogens (tertiary/aromatic N) is 1. The number of ether oxygens (including phenoxy) is 1. The van der Waals surface area contributed by atoms with Crippen LogP contribution in [-0.2, 0) is 28.1 Å². The molecule has 1 aliphatic heterocycles. The van der Waals surface area contributed by atoms with Crippen LogP contribution in [0.5, 0.6) is 0 Å². The van der Waals surface area contributed by atoms with Crippen molar-refractivity contribution < 1.29 is 31.4 Å². The van der Waals surface area contributed by atoms with Crippen LogP contribution in [0.25, 0.3) is 22.4 Å². The van der Waals surface area contributed by atoms with Crippen LogP contribution in [0.4, 0.5) is 5.69 Å². The summed E-state index contributed by atoms with van der Waals surface area (Å²) in [5.41, 5.74) is 6.13. The van der Waals surface area contributed by atoms with E-state index in [0.717, 1.165) is 33.8 Å². The van der Waals surface area contributed by atoms with Gasteiger partial charge in [0.15, 0.2) is 0 Å². The number of nitrogens with one attached hydrogen (secondary N) is 1. The number of hydrogen-bond donors (Lipinski definition) is 2. The highest BCUT2D eigenvalue weighted by Gasteiger charge is 2.46. The summed E-state index contributed by atoms with van der Waals surface area (Å²) in [6.07, 6.45) is 0.593. The normalized spacial score (nSPS) is 19.1. The Hall–Kier alpha value is -3.58. The fourth-order valence-electron chi connectivity index (χ4n) is 8.09. The van der Waals surface area contributed by atoms with Crippen molar-refractivity contribution in [3.8, 4) is 22.4 Å². The molecule has 2 unspecified atom stereocenters. The van der Waals surface area contributed by atoms with Crippen LogP contribution >= 0.6 is 21.2 Å². The Labute approximate surface area is 357 Å². The Morgan fingerprint density at radius 3 is 1.76 bits per heavy atom. The first-order valence-electron chi connectivity index (χ1n) is 21.3. The zero-order chi connectivity index (χ0) is 42.9. The summed E-state index contributed by atoms with van der Waals surface area (Å²) in [5.74, 6) is -0.547. The Kier molecular flexibility index (Phi) is 16.4. The van der Waals surface area contributed by atoms with Gasteiger partial charge in [-0.15, -0.1) is 0 Å². The molecule has 324 valence electrons. The molecule has 2 heterocycles. The van der Waals surface area contributed by atoms with Crippen LogP contribution < -0.4 is 5.32 Å². The van der Waals surface area contributed by atoms with Gasteiger partial charge in [0.05, 0.1) is 36.5 Å².